The number of halogens is 1. The fraction of sp³-hybridized carbons (Fsp3) is 0.417. The fourth-order valence-corrected chi connectivity index (χ4v) is 2.41. The second kappa shape index (κ2) is 4.93. The summed E-state index contributed by atoms with van der Waals surface area (Å²) in [5.74, 6) is -0.280. The molecule has 1 aromatic carbocycles. The van der Waals surface area contributed by atoms with Crippen LogP contribution in [-0.2, 0) is 0 Å². The molecule has 1 saturated carbocycles. The molecule has 0 aliphatic heterocycles. The van der Waals surface area contributed by atoms with E-state index in [0.717, 1.165) is 24.9 Å². The van der Waals surface area contributed by atoms with E-state index in [1.54, 1.807) is 12.1 Å². The van der Waals surface area contributed by atoms with Gasteiger partial charge in [-0.05, 0) is 47.9 Å². The highest BCUT2D eigenvalue weighted by molar-refractivity contribution is 5.52. The highest BCUT2D eigenvalue weighted by Gasteiger charge is 2.22. The van der Waals surface area contributed by atoms with Crippen LogP contribution in [0.5, 0.6) is 0 Å². The largest absolute Gasteiger partial charge is 0.380 e. The van der Waals surface area contributed by atoms with Crippen molar-refractivity contribution in [2.45, 2.75) is 31.3 Å². The van der Waals surface area contributed by atoms with Crippen LogP contribution in [0.1, 0.15) is 19.3 Å². The molecule has 2 unspecified atom stereocenters. The van der Waals surface area contributed by atoms with Gasteiger partial charge in [-0.3, -0.25) is 0 Å². The molecule has 7 heteroatoms. The molecule has 2 aromatic rings. The van der Waals surface area contributed by atoms with Gasteiger partial charge < -0.3 is 11.1 Å². The highest BCUT2D eigenvalue weighted by atomic mass is 19.1. The van der Waals surface area contributed by atoms with Crippen molar-refractivity contribution in [3.63, 3.8) is 0 Å². The Bertz CT molecular complexity index is 555. The van der Waals surface area contributed by atoms with Gasteiger partial charge in [0, 0.05) is 12.1 Å². The number of rotatable bonds is 3. The predicted molar refractivity (Wildman–Crippen MR) is 68.3 cm³/mol. The van der Waals surface area contributed by atoms with Crippen LogP contribution >= 0.6 is 0 Å². The number of tetrazole rings is 1. The summed E-state index contributed by atoms with van der Waals surface area (Å²) in [5, 5.41) is 14.1. The monoisotopic (exact) mass is 262 g/mol. The molecule has 19 heavy (non-hydrogen) atoms. The third kappa shape index (κ3) is 2.55. The van der Waals surface area contributed by atoms with E-state index >= 15 is 0 Å². The molecule has 0 bridgehead atoms. The first-order valence-electron chi connectivity index (χ1n) is 6.27. The van der Waals surface area contributed by atoms with Crippen molar-refractivity contribution in [3.8, 4) is 5.69 Å². The minimum atomic E-state index is -0.280. The van der Waals surface area contributed by atoms with Gasteiger partial charge in [0.1, 0.15) is 12.1 Å². The molecular weight excluding hydrogens is 247 g/mol. The lowest BCUT2D eigenvalue weighted by molar-refractivity contribution is 0.621. The summed E-state index contributed by atoms with van der Waals surface area (Å²) >= 11 is 0. The Labute approximate surface area is 109 Å². The van der Waals surface area contributed by atoms with E-state index in [1.807, 2.05) is 0 Å². The summed E-state index contributed by atoms with van der Waals surface area (Å²) in [7, 11) is 0. The first kappa shape index (κ1) is 12.0. The van der Waals surface area contributed by atoms with Crippen LogP contribution < -0.4 is 11.1 Å². The molecule has 1 aromatic heterocycles. The molecule has 0 spiro atoms. The molecule has 1 aliphatic rings. The number of nitrogens with zero attached hydrogens (tertiary/aromatic N) is 4. The van der Waals surface area contributed by atoms with Gasteiger partial charge in [-0.2, -0.15) is 0 Å². The van der Waals surface area contributed by atoms with Gasteiger partial charge in [-0.1, -0.05) is 0 Å². The lowest BCUT2D eigenvalue weighted by atomic mass is 10.2. The number of aromatic nitrogens is 4. The average Bonchev–Trinajstić information content (AvgIpc) is 3.04. The summed E-state index contributed by atoms with van der Waals surface area (Å²) in [6.07, 6.45) is 4.29. The van der Waals surface area contributed by atoms with E-state index in [4.69, 9.17) is 5.73 Å². The zero-order valence-corrected chi connectivity index (χ0v) is 10.3. The van der Waals surface area contributed by atoms with Crippen molar-refractivity contribution in [2.24, 2.45) is 5.73 Å². The van der Waals surface area contributed by atoms with Crippen LogP contribution in [0, 0.1) is 5.82 Å². The first-order valence-corrected chi connectivity index (χ1v) is 6.27. The number of hydrogen-bond acceptors (Lipinski definition) is 5. The second-order valence-corrected chi connectivity index (χ2v) is 4.83. The predicted octanol–water partition coefficient (Wildman–Crippen LogP) is 1.09. The lowest BCUT2D eigenvalue weighted by Gasteiger charge is -2.15. The van der Waals surface area contributed by atoms with E-state index in [2.05, 4.69) is 20.8 Å². The van der Waals surface area contributed by atoms with Crippen molar-refractivity contribution in [1.29, 1.82) is 0 Å². The van der Waals surface area contributed by atoms with Gasteiger partial charge in [0.15, 0.2) is 0 Å². The van der Waals surface area contributed by atoms with Crippen molar-refractivity contribution in [3.05, 3.63) is 30.3 Å². The van der Waals surface area contributed by atoms with Gasteiger partial charge >= 0.3 is 0 Å². The van der Waals surface area contributed by atoms with Gasteiger partial charge in [-0.15, -0.1) is 5.10 Å². The van der Waals surface area contributed by atoms with Gasteiger partial charge in [0.05, 0.1) is 11.4 Å². The van der Waals surface area contributed by atoms with E-state index < -0.39 is 0 Å². The van der Waals surface area contributed by atoms with Crippen molar-refractivity contribution in [1.82, 2.24) is 20.2 Å². The minimum absolute atomic E-state index is 0.211. The maximum absolute atomic E-state index is 13.8. The highest BCUT2D eigenvalue weighted by Crippen LogP contribution is 2.25. The summed E-state index contributed by atoms with van der Waals surface area (Å²) in [4.78, 5) is 0. The molecule has 1 fully saturated rings. The standard InChI is InChI=1S/C12H15FN6/c13-11-4-3-10(19-7-15-17-18-19)6-12(11)16-9-2-1-8(14)5-9/h3-4,6-9,16H,1-2,5,14H2. The Morgan fingerprint density at radius 1 is 1.37 bits per heavy atom. The summed E-state index contributed by atoms with van der Waals surface area (Å²) in [6, 6.07) is 5.19. The van der Waals surface area contributed by atoms with Crippen LogP contribution in [0.3, 0.4) is 0 Å². The quantitative estimate of drug-likeness (QED) is 0.865. The van der Waals surface area contributed by atoms with E-state index in [-0.39, 0.29) is 17.9 Å². The van der Waals surface area contributed by atoms with Crippen LogP contribution in [0.25, 0.3) is 5.69 Å². The SMILES string of the molecule is NC1CCC(Nc2cc(-n3cnnn3)ccc2F)C1. The number of nitrogens with one attached hydrogen (secondary N) is 1. The molecule has 3 rings (SSSR count). The Hall–Kier alpha value is -2.02. The number of hydrogen-bond donors (Lipinski definition) is 2. The number of benzene rings is 1. The Morgan fingerprint density at radius 3 is 2.95 bits per heavy atom. The number of nitrogens with two attached hydrogens (primary N) is 1. The molecule has 0 saturated heterocycles. The van der Waals surface area contributed by atoms with Crippen LogP contribution in [0.15, 0.2) is 24.5 Å². The Morgan fingerprint density at radius 2 is 2.26 bits per heavy atom. The molecular formula is C12H15FN6. The average molecular weight is 262 g/mol. The van der Waals surface area contributed by atoms with E-state index in [9.17, 15) is 4.39 Å². The molecule has 3 N–H and O–H groups in total. The first-order chi connectivity index (χ1) is 9.22. The second-order valence-electron chi connectivity index (χ2n) is 4.83. The molecule has 1 aliphatic carbocycles. The zero-order chi connectivity index (χ0) is 13.2. The Kier molecular flexibility index (Phi) is 3.12. The van der Waals surface area contributed by atoms with Crippen molar-refractivity contribution >= 4 is 5.69 Å². The molecule has 0 radical (unpaired) electrons. The molecule has 2 atom stereocenters. The summed E-state index contributed by atoms with van der Waals surface area (Å²) in [5.41, 5.74) is 7.04. The minimum Gasteiger partial charge on any atom is -0.380 e. The van der Waals surface area contributed by atoms with Crippen LogP contribution in [-0.4, -0.2) is 32.3 Å². The zero-order valence-electron chi connectivity index (χ0n) is 10.3. The third-order valence-electron chi connectivity index (χ3n) is 3.40. The fourth-order valence-electron chi connectivity index (χ4n) is 2.41. The van der Waals surface area contributed by atoms with Crippen molar-refractivity contribution in [2.75, 3.05) is 5.32 Å². The summed E-state index contributed by atoms with van der Waals surface area (Å²) < 4.78 is 15.3. The summed E-state index contributed by atoms with van der Waals surface area (Å²) in [6.45, 7) is 0. The molecule has 100 valence electrons. The normalized spacial score (nSPS) is 22.6. The van der Waals surface area contributed by atoms with Gasteiger partial charge in [0.2, 0.25) is 0 Å². The van der Waals surface area contributed by atoms with Crippen LogP contribution in [0.4, 0.5) is 10.1 Å². The van der Waals surface area contributed by atoms with Crippen molar-refractivity contribution < 1.29 is 4.39 Å². The third-order valence-corrected chi connectivity index (χ3v) is 3.40. The number of anilines is 1. The van der Waals surface area contributed by atoms with E-state index in [1.165, 1.54) is 17.1 Å². The molecule has 1 heterocycles. The maximum Gasteiger partial charge on any atom is 0.146 e. The van der Waals surface area contributed by atoms with Gasteiger partial charge in [0.25, 0.3) is 0 Å². The molecule has 0 amide bonds. The maximum atomic E-state index is 13.8. The lowest BCUT2D eigenvalue weighted by Crippen LogP contribution is -2.21. The Balaban J connectivity index is 1.82. The van der Waals surface area contributed by atoms with Crippen LogP contribution in [0.2, 0.25) is 0 Å². The van der Waals surface area contributed by atoms with Gasteiger partial charge in [-0.25, -0.2) is 9.07 Å². The van der Waals surface area contributed by atoms with E-state index in [0.29, 0.717) is 5.69 Å². The topological polar surface area (TPSA) is 81.6 Å². The molecule has 6 nitrogen and oxygen atoms in total. The smallest absolute Gasteiger partial charge is 0.146 e.